The molecule has 2 saturated heterocycles. The summed E-state index contributed by atoms with van der Waals surface area (Å²) in [6.45, 7) is 4.30. The number of aliphatic imine (C=N–C) groups is 2. The minimum absolute atomic E-state index is 0.220. The molecule has 42 heavy (non-hydrogen) atoms. The Balaban J connectivity index is 1.17. The zero-order valence-corrected chi connectivity index (χ0v) is 25.0. The van der Waals surface area contributed by atoms with E-state index < -0.39 is 11.8 Å². The van der Waals surface area contributed by atoms with Gasteiger partial charge in [0.2, 0.25) is 0 Å². The number of hydrogen-bond donors (Lipinski definition) is 2. The first-order chi connectivity index (χ1) is 20.4. The Labute approximate surface area is 252 Å². The Morgan fingerprint density at radius 1 is 0.714 bits per heavy atom. The molecule has 0 spiro atoms. The van der Waals surface area contributed by atoms with Gasteiger partial charge in [0.25, 0.3) is 23.6 Å². The smallest absolute Gasteiger partial charge is 0.276 e. The number of carbonyl (C=O) groups excluding carboxylic acids is 4. The van der Waals surface area contributed by atoms with Gasteiger partial charge in [0, 0.05) is 13.1 Å². The fourth-order valence-electron chi connectivity index (χ4n) is 3.85. The van der Waals surface area contributed by atoms with E-state index in [0.717, 1.165) is 24.0 Å². The van der Waals surface area contributed by atoms with Gasteiger partial charge in [-0.25, -0.2) is 0 Å². The maximum atomic E-state index is 12.3. The van der Waals surface area contributed by atoms with Crippen LogP contribution in [0.15, 0.2) is 58.5 Å². The topological polar surface area (TPSA) is 142 Å². The van der Waals surface area contributed by atoms with E-state index in [1.165, 1.54) is 33.5 Å². The Morgan fingerprint density at radius 3 is 1.45 bits per heavy atom. The number of nitrogens with one attached hydrogen (secondary N) is 2. The zero-order chi connectivity index (χ0) is 29.9. The molecule has 12 nitrogen and oxygen atoms in total. The predicted molar refractivity (Wildman–Crippen MR) is 162 cm³/mol. The average molecular weight is 613 g/mol. The second-order valence-electron chi connectivity index (χ2n) is 8.98. The van der Waals surface area contributed by atoms with E-state index in [0.29, 0.717) is 34.9 Å². The number of ether oxygens (including phenoxy) is 2. The van der Waals surface area contributed by atoms with Gasteiger partial charge >= 0.3 is 0 Å². The molecule has 0 saturated carbocycles. The predicted octanol–water partition coefficient (Wildman–Crippen LogP) is 2.19. The van der Waals surface area contributed by atoms with Crippen molar-refractivity contribution in [1.29, 1.82) is 0 Å². The number of amidine groups is 2. The molecule has 0 atom stereocenters. The molecule has 2 aromatic rings. The SMILES string of the molecule is CCN=C1SCC(=O)N1NC(=O)COc1ccc(CCc2ccc(OCC(=O)NN3C(=O)CSC3=NCC)cc2)cc1. The summed E-state index contributed by atoms with van der Waals surface area (Å²) in [6.07, 6.45) is 1.59. The molecule has 0 radical (unpaired) electrons. The normalized spacial score (nSPS) is 16.8. The van der Waals surface area contributed by atoms with Crippen LogP contribution in [0.3, 0.4) is 0 Å². The lowest BCUT2D eigenvalue weighted by molar-refractivity contribution is -0.135. The second kappa shape index (κ2) is 15.3. The Morgan fingerprint density at radius 2 is 1.10 bits per heavy atom. The number of nitrogens with zero attached hydrogens (tertiary/aromatic N) is 4. The van der Waals surface area contributed by atoms with Crippen molar-refractivity contribution in [1.82, 2.24) is 20.9 Å². The molecular weight excluding hydrogens is 580 g/mol. The van der Waals surface area contributed by atoms with E-state index in [9.17, 15) is 19.2 Å². The van der Waals surface area contributed by atoms with Crippen LogP contribution in [-0.4, -0.2) is 81.8 Å². The van der Waals surface area contributed by atoms with E-state index in [1.54, 1.807) is 24.3 Å². The number of aryl methyl sites for hydroxylation is 2. The molecule has 4 rings (SSSR count). The molecule has 2 N–H and O–H groups in total. The minimum atomic E-state index is -0.442. The van der Waals surface area contributed by atoms with Gasteiger partial charge in [0.1, 0.15) is 11.5 Å². The summed E-state index contributed by atoms with van der Waals surface area (Å²) in [5.74, 6) is 0.264. The molecule has 2 heterocycles. The maximum Gasteiger partial charge on any atom is 0.276 e. The first kappa shape index (κ1) is 30.9. The molecule has 0 aliphatic carbocycles. The number of amides is 4. The molecule has 2 aromatic carbocycles. The summed E-state index contributed by atoms with van der Waals surface area (Å²) >= 11 is 2.58. The maximum absolute atomic E-state index is 12.3. The third kappa shape index (κ3) is 8.73. The van der Waals surface area contributed by atoms with Gasteiger partial charge in [0.05, 0.1) is 11.5 Å². The van der Waals surface area contributed by atoms with E-state index in [-0.39, 0.29) is 36.5 Å². The Bertz CT molecular complexity index is 1250. The van der Waals surface area contributed by atoms with Crippen LogP contribution in [-0.2, 0) is 32.0 Å². The van der Waals surface area contributed by atoms with E-state index in [1.807, 2.05) is 38.1 Å². The van der Waals surface area contributed by atoms with Crippen molar-refractivity contribution in [3.8, 4) is 11.5 Å². The van der Waals surface area contributed by atoms with Crippen LogP contribution >= 0.6 is 23.5 Å². The highest BCUT2D eigenvalue weighted by Gasteiger charge is 2.30. The van der Waals surface area contributed by atoms with Crippen molar-refractivity contribution < 1.29 is 28.7 Å². The summed E-state index contributed by atoms with van der Waals surface area (Å²) in [4.78, 5) is 56.9. The molecule has 0 bridgehead atoms. The highest BCUT2D eigenvalue weighted by molar-refractivity contribution is 8.15. The highest BCUT2D eigenvalue weighted by atomic mass is 32.2. The van der Waals surface area contributed by atoms with Crippen molar-refractivity contribution in [2.75, 3.05) is 37.8 Å². The van der Waals surface area contributed by atoms with Crippen LogP contribution in [0.2, 0.25) is 0 Å². The summed E-state index contributed by atoms with van der Waals surface area (Å²) < 4.78 is 11.1. The van der Waals surface area contributed by atoms with Gasteiger partial charge in [-0.1, -0.05) is 47.8 Å². The third-order valence-corrected chi connectivity index (χ3v) is 7.80. The Hall–Kier alpha value is -4.04. The number of hydrazine groups is 2. The van der Waals surface area contributed by atoms with Crippen LogP contribution in [0.25, 0.3) is 0 Å². The van der Waals surface area contributed by atoms with Crippen LogP contribution in [0.5, 0.6) is 11.5 Å². The quantitative estimate of drug-likeness (QED) is 0.351. The molecule has 0 aromatic heterocycles. The molecule has 2 fully saturated rings. The highest BCUT2D eigenvalue weighted by Crippen LogP contribution is 2.19. The zero-order valence-electron chi connectivity index (χ0n) is 23.3. The fraction of sp³-hybridized carbons (Fsp3) is 0.357. The average Bonchev–Trinajstić information content (AvgIpc) is 3.51. The molecule has 2 aliphatic rings. The lowest BCUT2D eigenvalue weighted by Gasteiger charge is -2.17. The van der Waals surface area contributed by atoms with Gasteiger partial charge in [-0.3, -0.25) is 40.0 Å². The van der Waals surface area contributed by atoms with Crippen molar-refractivity contribution in [3.63, 3.8) is 0 Å². The number of thioether (sulfide) groups is 2. The van der Waals surface area contributed by atoms with Crippen molar-refractivity contribution in [2.45, 2.75) is 26.7 Å². The van der Waals surface area contributed by atoms with Gasteiger partial charge in [0.15, 0.2) is 23.5 Å². The van der Waals surface area contributed by atoms with E-state index in [2.05, 4.69) is 20.8 Å². The van der Waals surface area contributed by atoms with Crippen LogP contribution < -0.4 is 20.3 Å². The largest absolute Gasteiger partial charge is 0.484 e. The van der Waals surface area contributed by atoms with E-state index in [4.69, 9.17) is 9.47 Å². The monoisotopic (exact) mass is 612 g/mol. The number of benzene rings is 2. The van der Waals surface area contributed by atoms with Crippen molar-refractivity contribution in [2.24, 2.45) is 9.98 Å². The molecule has 2 aliphatic heterocycles. The lowest BCUT2D eigenvalue weighted by Crippen LogP contribution is -2.47. The summed E-state index contributed by atoms with van der Waals surface area (Å²) in [7, 11) is 0. The Kier molecular flexibility index (Phi) is 11.2. The van der Waals surface area contributed by atoms with Crippen molar-refractivity contribution >= 4 is 57.5 Å². The molecule has 0 unspecified atom stereocenters. The van der Waals surface area contributed by atoms with Gasteiger partial charge in [-0.15, -0.1) is 0 Å². The van der Waals surface area contributed by atoms with Gasteiger partial charge in [-0.2, -0.15) is 10.0 Å². The minimum Gasteiger partial charge on any atom is -0.484 e. The summed E-state index contributed by atoms with van der Waals surface area (Å²) in [5, 5.41) is 3.32. The lowest BCUT2D eigenvalue weighted by atomic mass is 10.0. The van der Waals surface area contributed by atoms with Crippen molar-refractivity contribution in [3.05, 3.63) is 59.7 Å². The van der Waals surface area contributed by atoms with E-state index >= 15 is 0 Å². The first-order valence-electron chi connectivity index (χ1n) is 13.4. The second-order valence-corrected chi connectivity index (χ2v) is 10.9. The molecule has 222 valence electrons. The van der Waals surface area contributed by atoms with Crippen LogP contribution in [0, 0.1) is 0 Å². The summed E-state index contributed by atoms with van der Waals surface area (Å²) in [5.41, 5.74) is 7.29. The first-order valence-corrected chi connectivity index (χ1v) is 15.4. The molecule has 4 amide bonds. The van der Waals surface area contributed by atoms with Crippen LogP contribution in [0.4, 0.5) is 0 Å². The molecular formula is C28H32N6O6S2. The van der Waals surface area contributed by atoms with Gasteiger partial charge in [-0.05, 0) is 62.1 Å². The van der Waals surface area contributed by atoms with Crippen LogP contribution in [0.1, 0.15) is 25.0 Å². The standard InChI is InChI=1S/C28H32N6O6S2/c1-3-29-27-33(25(37)17-41-27)31-23(35)15-39-21-11-7-19(8-12-21)5-6-20-9-13-22(14-10-20)40-16-24(36)32-34-26(38)18-42-28(34)30-4-2/h7-14H,3-6,15-18H2,1-2H3,(H,31,35)(H,32,36). The number of rotatable bonds is 13. The molecule has 14 heteroatoms. The number of carbonyl (C=O) groups is 4. The number of hydrogen-bond acceptors (Lipinski definition) is 10. The van der Waals surface area contributed by atoms with Gasteiger partial charge < -0.3 is 9.47 Å². The third-order valence-electron chi connectivity index (χ3n) is 5.88. The fourth-order valence-corrected chi connectivity index (χ4v) is 5.61. The summed E-state index contributed by atoms with van der Waals surface area (Å²) in [6, 6.07) is 15.0.